The Labute approximate surface area is 116 Å². The fourth-order valence-corrected chi connectivity index (χ4v) is 5.52. The van der Waals surface area contributed by atoms with Crippen LogP contribution >= 0.6 is 0 Å². The van der Waals surface area contributed by atoms with E-state index < -0.39 is 0 Å². The number of rotatable bonds is 0. The largest absolute Gasteiger partial charge is 0.295 e. The Balaban J connectivity index is 1.75. The minimum absolute atomic E-state index is 0.360. The average Bonchev–Trinajstić information content (AvgIpc) is 2.79. The standard InChI is InChI=1S/C18H24O/c1-18-9-2-3-17(18)16-6-4-12-11-13(19)5-7-14(12)15(16)8-10-18/h11,16-17H,2-10H2,1H3/t16-,17+,18-/m1/s1. The summed E-state index contributed by atoms with van der Waals surface area (Å²) in [5, 5.41) is 0. The predicted octanol–water partition coefficient (Wildman–Crippen LogP) is 4.58. The molecule has 0 aromatic carbocycles. The molecule has 1 heteroatoms. The summed E-state index contributed by atoms with van der Waals surface area (Å²) >= 11 is 0. The Morgan fingerprint density at radius 3 is 2.89 bits per heavy atom. The first-order valence-corrected chi connectivity index (χ1v) is 8.13. The van der Waals surface area contributed by atoms with Gasteiger partial charge in [0.1, 0.15) is 0 Å². The van der Waals surface area contributed by atoms with E-state index in [1.165, 1.54) is 50.5 Å². The monoisotopic (exact) mass is 256 g/mol. The van der Waals surface area contributed by atoms with Crippen LogP contribution in [0.25, 0.3) is 0 Å². The molecule has 19 heavy (non-hydrogen) atoms. The Hall–Kier alpha value is -0.850. The number of hydrogen-bond acceptors (Lipinski definition) is 1. The molecule has 0 spiro atoms. The van der Waals surface area contributed by atoms with Crippen molar-refractivity contribution in [2.24, 2.45) is 17.3 Å². The van der Waals surface area contributed by atoms with Gasteiger partial charge in [-0.1, -0.05) is 18.9 Å². The molecular formula is C18H24O. The van der Waals surface area contributed by atoms with Crippen molar-refractivity contribution >= 4 is 5.78 Å². The highest BCUT2D eigenvalue weighted by molar-refractivity contribution is 5.93. The first-order valence-electron chi connectivity index (χ1n) is 8.13. The number of ketones is 1. The second-order valence-corrected chi connectivity index (χ2v) is 7.44. The van der Waals surface area contributed by atoms with Gasteiger partial charge >= 0.3 is 0 Å². The van der Waals surface area contributed by atoms with Crippen LogP contribution in [0.3, 0.4) is 0 Å². The minimum Gasteiger partial charge on any atom is -0.295 e. The van der Waals surface area contributed by atoms with Crippen molar-refractivity contribution in [1.82, 2.24) is 0 Å². The molecule has 1 nitrogen and oxygen atoms in total. The van der Waals surface area contributed by atoms with Crippen molar-refractivity contribution in [3.63, 3.8) is 0 Å². The summed E-state index contributed by atoms with van der Waals surface area (Å²) in [4.78, 5) is 11.6. The molecule has 0 aliphatic heterocycles. The summed E-state index contributed by atoms with van der Waals surface area (Å²) in [7, 11) is 0. The van der Waals surface area contributed by atoms with E-state index in [0.717, 1.165) is 24.7 Å². The van der Waals surface area contributed by atoms with E-state index >= 15 is 0 Å². The lowest BCUT2D eigenvalue weighted by molar-refractivity contribution is -0.114. The van der Waals surface area contributed by atoms with Crippen LogP contribution in [0.15, 0.2) is 22.8 Å². The van der Waals surface area contributed by atoms with Gasteiger partial charge in [-0.15, -0.1) is 0 Å². The first kappa shape index (κ1) is 11.9. The van der Waals surface area contributed by atoms with Crippen molar-refractivity contribution in [1.29, 1.82) is 0 Å². The van der Waals surface area contributed by atoms with Crippen molar-refractivity contribution in [2.45, 2.75) is 64.7 Å². The SMILES string of the molecule is C[C@]12CCC[C@H]1[C@@H]1CCC3=CC(=O)CCC3=C1CC2. The zero-order valence-corrected chi connectivity index (χ0v) is 12.0. The van der Waals surface area contributed by atoms with E-state index in [1.54, 1.807) is 11.1 Å². The molecule has 0 N–H and O–H groups in total. The first-order chi connectivity index (χ1) is 9.17. The van der Waals surface area contributed by atoms with Crippen molar-refractivity contribution in [2.75, 3.05) is 0 Å². The highest BCUT2D eigenvalue weighted by Crippen LogP contribution is 2.59. The molecule has 2 saturated carbocycles. The van der Waals surface area contributed by atoms with E-state index in [2.05, 4.69) is 6.92 Å². The molecule has 2 fully saturated rings. The Kier molecular flexibility index (Phi) is 2.56. The molecule has 0 saturated heterocycles. The van der Waals surface area contributed by atoms with Crippen LogP contribution in [0.2, 0.25) is 0 Å². The highest BCUT2D eigenvalue weighted by Gasteiger charge is 2.48. The Morgan fingerprint density at radius 2 is 2.00 bits per heavy atom. The Morgan fingerprint density at radius 1 is 1.11 bits per heavy atom. The van der Waals surface area contributed by atoms with Gasteiger partial charge < -0.3 is 0 Å². The summed E-state index contributed by atoms with van der Waals surface area (Å²) in [5.74, 6) is 2.17. The van der Waals surface area contributed by atoms with Gasteiger partial charge in [0, 0.05) is 6.42 Å². The lowest BCUT2D eigenvalue weighted by atomic mass is 9.58. The smallest absolute Gasteiger partial charge is 0.156 e. The molecule has 4 aliphatic carbocycles. The summed E-state index contributed by atoms with van der Waals surface area (Å²) in [6.07, 6.45) is 13.3. The topological polar surface area (TPSA) is 17.1 Å². The van der Waals surface area contributed by atoms with E-state index in [1.807, 2.05) is 6.08 Å². The quantitative estimate of drug-likeness (QED) is 0.620. The number of allylic oxidation sites excluding steroid dienone is 4. The second-order valence-electron chi connectivity index (χ2n) is 7.44. The second kappa shape index (κ2) is 4.07. The molecule has 102 valence electrons. The number of hydrogen-bond donors (Lipinski definition) is 0. The van der Waals surface area contributed by atoms with Gasteiger partial charge in [0.05, 0.1) is 0 Å². The lowest BCUT2D eigenvalue weighted by Crippen LogP contribution is -2.36. The van der Waals surface area contributed by atoms with E-state index in [-0.39, 0.29) is 0 Å². The van der Waals surface area contributed by atoms with Gasteiger partial charge in [0.25, 0.3) is 0 Å². The van der Waals surface area contributed by atoms with Gasteiger partial charge in [-0.05, 0) is 79.4 Å². The number of carbonyl (C=O) groups excluding carboxylic acids is 1. The summed E-state index contributed by atoms with van der Waals surface area (Å²) < 4.78 is 0. The van der Waals surface area contributed by atoms with Crippen LogP contribution < -0.4 is 0 Å². The normalized spacial score (nSPS) is 41.5. The lowest BCUT2D eigenvalue weighted by Gasteiger charge is -2.47. The summed E-state index contributed by atoms with van der Waals surface area (Å²) in [6.45, 7) is 2.54. The van der Waals surface area contributed by atoms with Crippen LogP contribution in [-0.2, 0) is 4.79 Å². The van der Waals surface area contributed by atoms with Crippen molar-refractivity contribution < 1.29 is 4.79 Å². The van der Waals surface area contributed by atoms with E-state index in [4.69, 9.17) is 0 Å². The third kappa shape index (κ3) is 1.70. The molecule has 0 aromatic heterocycles. The fourth-order valence-electron chi connectivity index (χ4n) is 5.52. The molecule has 0 aromatic rings. The number of carbonyl (C=O) groups is 1. The van der Waals surface area contributed by atoms with Gasteiger partial charge in [-0.25, -0.2) is 0 Å². The molecule has 4 aliphatic rings. The average molecular weight is 256 g/mol. The van der Waals surface area contributed by atoms with Gasteiger partial charge in [-0.3, -0.25) is 4.79 Å². The predicted molar refractivity (Wildman–Crippen MR) is 76.8 cm³/mol. The molecule has 3 atom stereocenters. The van der Waals surface area contributed by atoms with Crippen LogP contribution in [0.5, 0.6) is 0 Å². The molecule has 0 radical (unpaired) electrons. The zero-order valence-electron chi connectivity index (χ0n) is 12.0. The maximum absolute atomic E-state index is 11.6. The van der Waals surface area contributed by atoms with Crippen LogP contribution in [-0.4, -0.2) is 5.78 Å². The maximum atomic E-state index is 11.6. The fraction of sp³-hybridized carbons (Fsp3) is 0.722. The molecule has 4 rings (SSSR count). The summed E-state index contributed by atoms with van der Waals surface area (Å²) in [5.41, 5.74) is 5.43. The van der Waals surface area contributed by atoms with Gasteiger partial charge in [-0.2, -0.15) is 0 Å². The van der Waals surface area contributed by atoms with Crippen LogP contribution in [0.4, 0.5) is 0 Å². The van der Waals surface area contributed by atoms with Crippen molar-refractivity contribution in [3.05, 3.63) is 22.8 Å². The number of fused-ring (bicyclic) bond motifs is 4. The third-order valence-electron chi connectivity index (χ3n) is 6.51. The van der Waals surface area contributed by atoms with Crippen LogP contribution in [0.1, 0.15) is 64.7 Å². The van der Waals surface area contributed by atoms with Crippen LogP contribution in [0, 0.1) is 17.3 Å². The zero-order chi connectivity index (χ0) is 13.0. The van der Waals surface area contributed by atoms with E-state index in [0.29, 0.717) is 11.2 Å². The molecule has 0 bridgehead atoms. The Bertz CT molecular complexity index is 496. The summed E-state index contributed by atoms with van der Waals surface area (Å²) in [6, 6.07) is 0. The maximum Gasteiger partial charge on any atom is 0.156 e. The molecule has 0 unspecified atom stereocenters. The minimum atomic E-state index is 0.360. The molecular weight excluding hydrogens is 232 g/mol. The molecule has 0 heterocycles. The van der Waals surface area contributed by atoms with Crippen molar-refractivity contribution in [3.8, 4) is 0 Å². The van der Waals surface area contributed by atoms with Gasteiger partial charge in [0.2, 0.25) is 0 Å². The molecule has 0 amide bonds. The third-order valence-corrected chi connectivity index (χ3v) is 6.51. The van der Waals surface area contributed by atoms with E-state index in [9.17, 15) is 4.79 Å². The highest BCUT2D eigenvalue weighted by atomic mass is 16.1. The van der Waals surface area contributed by atoms with Gasteiger partial charge in [0.15, 0.2) is 5.78 Å².